The van der Waals surface area contributed by atoms with Gasteiger partial charge in [-0.25, -0.2) is 14.3 Å². The molecule has 0 saturated heterocycles. The van der Waals surface area contributed by atoms with Crippen molar-refractivity contribution in [1.29, 1.82) is 0 Å². The van der Waals surface area contributed by atoms with E-state index >= 15 is 0 Å². The summed E-state index contributed by atoms with van der Waals surface area (Å²) in [6.07, 6.45) is 2.51. The molecule has 3 heterocycles. The van der Waals surface area contributed by atoms with Gasteiger partial charge in [0.1, 0.15) is 16.8 Å². The van der Waals surface area contributed by atoms with Crippen molar-refractivity contribution in [3.05, 3.63) is 87.2 Å². The van der Waals surface area contributed by atoms with Crippen molar-refractivity contribution >= 4 is 16.7 Å². The van der Waals surface area contributed by atoms with Crippen LogP contribution in [0.15, 0.2) is 70.4 Å². The lowest BCUT2D eigenvalue weighted by molar-refractivity contribution is 0.415. The molecule has 0 spiro atoms. The van der Waals surface area contributed by atoms with Gasteiger partial charge in [0, 0.05) is 12.1 Å². The lowest BCUT2D eigenvalue weighted by Crippen LogP contribution is -2.40. The largest absolute Gasteiger partial charge is 0.497 e. The van der Waals surface area contributed by atoms with Crippen LogP contribution < -0.4 is 16.0 Å². The number of rotatable bonds is 6. The normalized spacial score (nSPS) is 11.4. The van der Waals surface area contributed by atoms with Gasteiger partial charge in [-0.2, -0.15) is 0 Å². The fourth-order valence-electron chi connectivity index (χ4n) is 4.01. The standard InChI is InChI=1S/C24H23N5O3/c1-3-13-27-23(30)20-21-25-19(17-9-11-18(32-2)12-10-17)15-29(21)26-22(20)28(24(27)31)14-16-7-5-4-6-8-16/h4-12,15,26H,3,13-14H2,1-2H3. The van der Waals surface area contributed by atoms with Gasteiger partial charge in [0.15, 0.2) is 5.65 Å². The molecule has 162 valence electrons. The molecular formula is C24H23N5O3. The van der Waals surface area contributed by atoms with Crippen LogP contribution in [0.5, 0.6) is 5.75 Å². The van der Waals surface area contributed by atoms with Crippen LogP contribution in [-0.2, 0) is 13.1 Å². The Kier molecular flexibility index (Phi) is 4.89. The number of aromatic amines is 1. The van der Waals surface area contributed by atoms with E-state index < -0.39 is 0 Å². The van der Waals surface area contributed by atoms with Crippen LogP contribution in [0.4, 0.5) is 0 Å². The van der Waals surface area contributed by atoms with Crippen LogP contribution in [-0.4, -0.2) is 30.8 Å². The molecule has 0 aliphatic rings. The fraction of sp³-hybridized carbons (Fsp3) is 0.208. The van der Waals surface area contributed by atoms with E-state index in [4.69, 9.17) is 9.72 Å². The minimum atomic E-state index is -0.326. The number of nitrogens with zero attached hydrogens (tertiary/aromatic N) is 4. The molecule has 0 atom stereocenters. The third kappa shape index (κ3) is 3.20. The lowest BCUT2D eigenvalue weighted by atomic mass is 10.2. The molecule has 3 aromatic heterocycles. The minimum absolute atomic E-state index is 0.325. The van der Waals surface area contributed by atoms with Crippen molar-refractivity contribution in [2.24, 2.45) is 0 Å². The molecular weight excluding hydrogens is 406 g/mol. The number of aromatic nitrogens is 5. The average Bonchev–Trinajstić information content (AvgIpc) is 3.38. The summed E-state index contributed by atoms with van der Waals surface area (Å²) in [6, 6.07) is 17.3. The molecule has 1 N–H and O–H groups in total. The third-order valence-corrected chi connectivity index (χ3v) is 5.60. The smallest absolute Gasteiger partial charge is 0.332 e. The van der Waals surface area contributed by atoms with Gasteiger partial charge in [0.25, 0.3) is 5.56 Å². The highest BCUT2D eigenvalue weighted by molar-refractivity contribution is 5.90. The van der Waals surface area contributed by atoms with Gasteiger partial charge in [-0.05, 0) is 36.2 Å². The van der Waals surface area contributed by atoms with Crippen LogP contribution in [0.1, 0.15) is 18.9 Å². The second kappa shape index (κ2) is 7.88. The van der Waals surface area contributed by atoms with Crippen LogP contribution in [0.25, 0.3) is 27.9 Å². The zero-order chi connectivity index (χ0) is 22.2. The summed E-state index contributed by atoms with van der Waals surface area (Å²) < 4.78 is 9.86. The summed E-state index contributed by atoms with van der Waals surface area (Å²) >= 11 is 0. The van der Waals surface area contributed by atoms with E-state index in [1.54, 1.807) is 16.2 Å². The predicted octanol–water partition coefficient (Wildman–Crippen LogP) is 3.27. The third-order valence-electron chi connectivity index (χ3n) is 5.60. The first-order valence-corrected chi connectivity index (χ1v) is 10.5. The Hall–Kier alpha value is -4.07. The quantitative estimate of drug-likeness (QED) is 0.449. The lowest BCUT2D eigenvalue weighted by Gasteiger charge is -2.11. The zero-order valence-corrected chi connectivity index (χ0v) is 17.9. The number of imidazole rings is 1. The van der Waals surface area contributed by atoms with Crippen molar-refractivity contribution in [3.63, 3.8) is 0 Å². The van der Waals surface area contributed by atoms with Crippen LogP contribution >= 0.6 is 0 Å². The van der Waals surface area contributed by atoms with Gasteiger partial charge < -0.3 is 4.74 Å². The summed E-state index contributed by atoms with van der Waals surface area (Å²) in [5.41, 5.74) is 2.93. The first-order valence-electron chi connectivity index (χ1n) is 10.5. The number of fused-ring (bicyclic) bond motifs is 3. The summed E-state index contributed by atoms with van der Waals surface area (Å²) in [6.45, 7) is 2.66. The van der Waals surface area contributed by atoms with Gasteiger partial charge in [-0.3, -0.25) is 19.0 Å². The molecule has 0 aliphatic carbocycles. The first kappa shape index (κ1) is 19.9. The van der Waals surface area contributed by atoms with E-state index in [1.807, 2.05) is 67.7 Å². The molecule has 5 rings (SSSR count). The Morgan fingerprint density at radius 2 is 1.75 bits per heavy atom. The van der Waals surface area contributed by atoms with Crippen molar-refractivity contribution in [3.8, 4) is 17.0 Å². The maximum Gasteiger partial charge on any atom is 0.332 e. The number of methoxy groups -OCH3 is 1. The SMILES string of the molecule is CCCn1c(=O)c2c([nH]n3cc(-c4ccc(OC)cc4)nc23)n(Cc2ccccc2)c1=O. The van der Waals surface area contributed by atoms with Gasteiger partial charge in [-0.1, -0.05) is 37.3 Å². The van der Waals surface area contributed by atoms with Gasteiger partial charge in [-0.15, -0.1) is 0 Å². The van der Waals surface area contributed by atoms with Crippen LogP contribution in [0.2, 0.25) is 0 Å². The maximum atomic E-state index is 13.3. The maximum absolute atomic E-state index is 13.3. The number of H-pyrrole nitrogens is 1. The van der Waals surface area contributed by atoms with E-state index in [2.05, 4.69) is 5.10 Å². The molecule has 0 bridgehead atoms. The number of benzene rings is 2. The van der Waals surface area contributed by atoms with E-state index in [1.165, 1.54) is 4.57 Å². The van der Waals surface area contributed by atoms with E-state index in [9.17, 15) is 9.59 Å². The summed E-state index contributed by atoms with van der Waals surface area (Å²) in [7, 11) is 1.62. The zero-order valence-electron chi connectivity index (χ0n) is 17.9. The van der Waals surface area contributed by atoms with Crippen molar-refractivity contribution in [1.82, 2.24) is 23.7 Å². The molecule has 2 aromatic carbocycles. The van der Waals surface area contributed by atoms with Crippen molar-refractivity contribution in [2.45, 2.75) is 26.4 Å². The Bertz CT molecular complexity index is 1520. The number of nitrogens with one attached hydrogen (secondary N) is 1. The predicted molar refractivity (Wildman–Crippen MR) is 123 cm³/mol. The summed E-state index contributed by atoms with van der Waals surface area (Å²) in [5.74, 6) is 0.761. The number of hydrogen-bond donors (Lipinski definition) is 1. The van der Waals surface area contributed by atoms with Gasteiger partial charge >= 0.3 is 5.69 Å². The van der Waals surface area contributed by atoms with Crippen LogP contribution in [0.3, 0.4) is 0 Å². The molecule has 0 amide bonds. The van der Waals surface area contributed by atoms with Crippen LogP contribution in [0, 0.1) is 0 Å². The summed E-state index contributed by atoms with van der Waals surface area (Å²) in [5, 5.41) is 3.62. The molecule has 5 aromatic rings. The van der Waals surface area contributed by atoms with Gasteiger partial charge in [0.05, 0.1) is 25.5 Å². The minimum Gasteiger partial charge on any atom is -0.497 e. The molecule has 0 fully saturated rings. The second-order valence-corrected chi connectivity index (χ2v) is 7.69. The molecule has 32 heavy (non-hydrogen) atoms. The number of ether oxygens (including phenoxy) is 1. The molecule has 0 saturated carbocycles. The Labute approximate surface area is 183 Å². The number of hydrogen-bond acceptors (Lipinski definition) is 4. The molecule has 0 radical (unpaired) electrons. The Morgan fingerprint density at radius 3 is 2.44 bits per heavy atom. The molecule has 0 aliphatic heterocycles. The average molecular weight is 429 g/mol. The second-order valence-electron chi connectivity index (χ2n) is 7.69. The van der Waals surface area contributed by atoms with E-state index in [-0.39, 0.29) is 11.2 Å². The fourth-order valence-corrected chi connectivity index (χ4v) is 4.01. The highest BCUT2D eigenvalue weighted by atomic mass is 16.5. The van der Waals surface area contributed by atoms with Crippen molar-refractivity contribution in [2.75, 3.05) is 7.11 Å². The Balaban J connectivity index is 1.73. The molecule has 0 unspecified atom stereocenters. The summed E-state index contributed by atoms with van der Waals surface area (Å²) in [4.78, 5) is 31.2. The first-order chi connectivity index (χ1) is 15.6. The van der Waals surface area contributed by atoms with Crippen molar-refractivity contribution < 1.29 is 4.74 Å². The highest BCUT2D eigenvalue weighted by Crippen LogP contribution is 2.24. The van der Waals surface area contributed by atoms with E-state index in [0.29, 0.717) is 36.2 Å². The molecule has 8 heteroatoms. The monoisotopic (exact) mass is 429 g/mol. The topological polar surface area (TPSA) is 86.3 Å². The molecule has 8 nitrogen and oxygen atoms in total. The highest BCUT2D eigenvalue weighted by Gasteiger charge is 2.20. The Morgan fingerprint density at radius 1 is 1.00 bits per heavy atom. The van der Waals surface area contributed by atoms with E-state index in [0.717, 1.165) is 22.6 Å². The van der Waals surface area contributed by atoms with Gasteiger partial charge in [0.2, 0.25) is 0 Å².